The number of hydrogen-bond donors (Lipinski definition) is 0. The molecule has 0 N–H and O–H groups in total. The second kappa shape index (κ2) is 8.37. The van der Waals surface area contributed by atoms with Crippen LogP contribution in [-0.4, -0.2) is 19.9 Å². The first kappa shape index (κ1) is 19.5. The molecule has 0 bridgehead atoms. The summed E-state index contributed by atoms with van der Waals surface area (Å²) in [6.45, 7) is 0. The number of nitrogens with zero attached hydrogens (tertiary/aromatic N) is 4. The summed E-state index contributed by atoms with van der Waals surface area (Å²) in [6, 6.07) is 21.7. The Bertz CT molecular complexity index is 1320. The van der Waals surface area contributed by atoms with Crippen molar-refractivity contribution in [2.45, 2.75) is 9.79 Å². The first-order valence-corrected chi connectivity index (χ1v) is 10.5. The minimum atomic E-state index is -0.314. The van der Waals surface area contributed by atoms with Gasteiger partial charge in [0.2, 0.25) is 12.2 Å². The molecule has 0 amide bonds. The van der Waals surface area contributed by atoms with Gasteiger partial charge in [-0.1, -0.05) is 58.9 Å². The third-order valence-electron chi connectivity index (χ3n) is 4.57. The quantitative estimate of drug-likeness (QED) is 0.306. The third kappa shape index (κ3) is 4.23. The van der Waals surface area contributed by atoms with Crippen molar-refractivity contribution >= 4 is 23.4 Å². The van der Waals surface area contributed by atoms with Crippen molar-refractivity contribution in [3.63, 3.8) is 0 Å². The molecule has 0 saturated heterocycles. The maximum atomic E-state index is 13.8. The molecule has 0 spiro atoms. The van der Waals surface area contributed by atoms with Gasteiger partial charge in [-0.15, -0.1) is 0 Å². The van der Waals surface area contributed by atoms with E-state index >= 15 is 0 Å². The van der Waals surface area contributed by atoms with Gasteiger partial charge in [0.25, 0.3) is 0 Å². The normalized spacial score (nSPS) is 11.0. The fourth-order valence-corrected chi connectivity index (χ4v) is 4.15. The van der Waals surface area contributed by atoms with E-state index in [0.717, 1.165) is 26.6 Å². The van der Waals surface area contributed by atoms with Crippen molar-refractivity contribution in [1.29, 1.82) is 0 Å². The molecule has 0 atom stereocenters. The molecular weight excluding hydrogens is 435 g/mol. The Morgan fingerprint density at radius 3 is 2.42 bits per heavy atom. The molecule has 5 aromatic rings. The summed E-state index contributed by atoms with van der Waals surface area (Å²) in [4.78, 5) is 6.02. The second-order valence-electron chi connectivity index (χ2n) is 6.65. The molecule has 5 rings (SSSR count). The second-order valence-corrected chi connectivity index (χ2v) is 8.21. The molecule has 0 unspecified atom stereocenters. The highest BCUT2D eigenvalue weighted by Gasteiger charge is 2.15. The number of rotatable bonds is 5. The molecule has 31 heavy (non-hydrogen) atoms. The van der Waals surface area contributed by atoms with E-state index in [1.54, 1.807) is 22.5 Å². The Balaban J connectivity index is 1.56. The van der Waals surface area contributed by atoms with Crippen molar-refractivity contribution in [3.8, 4) is 28.3 Å². The monoisotopic (exact) mass is 448 g/mol. The molecule has 0 aliphatic rings. The predicted molar refractivity (Wildman–Crippen MR) is 118 cm³/mol. The van der Waals surface area contributed by atoms with Crippen LogP contribution in [0.5, 0.6) is 0 Å². The molecule has 0 fully saturated rings. The smallest absolute Gasteiger partial charge is 0.214 e. The fraction of sp³-hybridized carbons (Fsp3) is 0. The first-order chi connectivity index (χ1) is 15.2. The molecule has 2 aromatic heterocycles. The van der Waals surface area contributed by atoms with Gasteiger partial charge in [0.1, 0.15) is 11.5 Å². The zero-order chi connectivity index (χ0) is 21.2. The van der Waals surface area contributed by atoms with Gasteiger partial charge in [-0.05, 0) is 42.5 Å². The van der Waals surface area contributed by atoms with Crippen molar-refractivity contribution in [1.82, 2.24) is 19.9 Å². The van der Waals surface area contributed by atoms with E-state index in [1.165, 1.54) is 18.5 Å². The van der Waals surface area contributed by atoms with Gasteiger partial charge in [-0.25, -0.2) is 9.07 Å². The van der Waals surface area contributed by atoms with Crippen LogP contribution in [0.15, 0.2) is 99.7 Å². The van der Waals surface area contributed by atoms with Crippen LogP contribution in [0.1, 0.15) is 0 Å². The fourth-order valence-electron chi connectivity index (χ4n) is 3.09. The van der Waals surface area contributed by atoms with E-state index in [1.807, 2.05) is 60.8 Å². The molecule has 0 aliphatic carbocycles. The van der Waals surface area contributed by atoms with Crippen LogP contribution >= 0.6 is 23.4 Å². The Hall–Kier alpha value is -3.42. The van der Waals surface area contributed by atoms with Gasteiger partial charge in [0.15, 0.2) is 0 Å². The summed E-state index contributed by atoms with van der Waals surface area (Å²) in [6.07, 6.45) is 3.20. The topological polar surface area (TPSA) is 56.7 Å². The number of halogens is 2. The molecule has 3 aromatic carbocycles. The summed E-state index contributed by atoms with van der Waals surface area (Å²) >= 11 is 7.58. The van der Waals surface area contributed by atoms with Crippen LogP contribution in [0.2, 0.25) is 5.02 Å². The molecule has 0 radical (unpaired) electrons. The summed E-state index contributed by atoms with van der Waals surface area (Å²) < 4.78 is 20.3. The predicted octanol–water partition coefficient (Wildman–Crippen LogP) is 6.53. The molecule has 0 aliphatic heterocycles. The molecule has 5 nitrogen and oxygen atoms in total. The number of benzene rings is 3. The molecule has 152 valence electrons. The highest BCUT2D eigenvalue weighted by Crippen LogP contribution is 2.37. The van der Waals surface area contributed by atoms with Gasteiger partial charge in [-0.2, -0.15) is 10.1 Å². The highest BCUT2D eigenvalue weighted by atomic mass is 35.5. The van der Waals surface area contributed by atoms with Crippen LogP contribution in [-0.2, 0) is 0 Å². The molecule has 8 heteroatoms. The van der Waals surface area contributed by atoms with Crippen molar-refractivity contribution in [3.05, 3.63) is 96.2 Å². The zero-order valence-electron chi connectivity index (χ0n) is 15.9. The lowest BCUT2D eigenvalue weighted by Crippen LogP contribution is -1.95. The largest absolute Gasteiger partial charge is 0.342 e. The summed E-state index contributed by atoms with van der Waals surface area (Å²) in [5, 5.41) is 9.29. The standard InChI is InChI=1S/C23H14ClFN4OS/c24-17-8-10-20(11-9-17)31-21-13-29(19-3-1-2-18(25)12-19)27-22(21)15-4-6-16(7-5-15)23-26-14-30-28-23/h1-14H. The molecule has 0 saturated carbocycles. The maximum absolute atomic E-state index is 13.8. The first-order valence-electron chi connectivity index (χ1n) is 9.32. The number of hydrogen-bond acceptors (Lipinski definition) is 5. The SMILES string of the molecule is Fc1cccc(-n2cc(Sc3ccc(Cl)cc3)c(-c3ccc(-c4ncon4)cc3)n2)c1. The van der Waals surface area contributed by atoms with E-state index in [9.17, 15) is 4.39 Å². The van der Waals surface area contributed by atoms with E-state index in [2.05, 4.69) is 10.1 Å². The van der Waals surface area contributed by atoms with E-state index in [4.69, 9.17) is 21.2 Å². The zero-order valence-corrected chi connectivity index (χ0v) is 17.5. The van der Waals surface area contributed by atoms with Gasteiger partial charge < -0.3 is 4.52 Å². The van der Waals surface area contributed by atoms with Gasteiger partial charge in [0.05, 0.1) is 10.6 Å². The summed E-state index contributed by atoms with van der Waals surface area (Å²) in [7, 11) is 0. The van der Waals surface area contributed by atoms with Gasteiger partial charge in [0, 0.05) is 27.2 Å². The van der Waals surface area contributed by atoms with Crippen LogP contribution in [0.3, 0.4) is 0 Å². The van der Waals surface area contributed by atoms with Crippen molar-refractivity contribution < 1.29 is 8.91 Å². The Kier molecular flexibility index (Phi) is 5.28. The Labute approximate surface area is 186 Å². The Morgan fingerprint density at radius 2 is 1.71 bits per heavy atom. The lowest BCUT2D eigenvalue weighted by atomic mass is 10.1. The average Bonchev–Trinajstić information content (AvgIpc) is 3.46. The molecule has 2 heterocycles. The van der Waals surface area contributed by atoms with Crippen molar-refractivity contribution in [2.24, 2.45) is 0 Å². The third-order valence-corrected chi connectivity index (χ3v) is 5.85. The van der Waals surface area contributed by atoms with Gasteiger partial charge >= 0.3 is 0 Å². The van der Waals surface area contributed by atoms with E-state index in [-0.39, 0.29) is 5.82 Å². The van der Waals surface area contributed by atoms with E-state index < -0.39 is 0 Å². The maximum Gasteiger partial charge on any atom is 0.214 e. The minimum Gasteiger partial charge on any atom is -0.342 e. The van der Waals surface area contributed by atoms with Gasteiger partial charge in [-0.3, -0.25) is 0 Å². The van der Waals surface area contributed by atoms with Crippen LogP contribution in [0, 0.1) is 5.82 Å². The lowest BCUT2D eigenvalue weighted by Gasteiger charge is -2.04. The van der Waals surface area contributed by atoms with Crippen LogP contribution in [0.4, 0.5) is 4.39 Å². The van der Waals surface area contributed by atoms with Crippen molar-refractivity contribution in [2.75, 3.05) is 0 Å². The molecular formula is C23H14ClFN4OS. The Morgan fingerprint density at radius 1 is 0.935 bits per heavy atom. The number of aromatic nitrogens is 4. The van der Waals surface area contributed by atoms with Crippen LogP contribution < -0.4 is 0 Å². The summed E-state index contributed by atoms with van der Waals surface area (Å²) in [5.74, 6) is 0.207. The average molecular weight is 449 g/mol. The summed E-state index contributed by atoms with van der Waals surface area (Å²) in [5.41, 5.74) is 3.18. The highest BCUT2D eigenvalue weighted by molar-refractivity contribution is 7.99. The minimum absolute atomic E-state index is 0.314. The lowest BCUT2D eigenvalue weighted by molar-refractivity contribution is 0.419. The van der Waals surface area contributed by atoms with E-state index in [0.29, 0.717) is 16.5 Å². The van der Waals surface area contributed by atoms with Crippen LogP contribution in [0.25, 0.3) is 28.3 Å².